The monoisotopic (exact) mass is 311 g/mol. The predicted octanol–water partition coefficient (Wildman–Crippen LogP) is 4.26. The molecule has 0 aromatic heterocycles. The van der Waals surface area contributed by atoms with Crippen LogP contribution in [0.1, 0.15) is 44.1 Å². The van der Waals surface area contributed by atoms with Crippen LogP contribution in [-0.2, 0) is 6.54 Å². The minimum absolute atomic E-state index is 0.526. The molecule has 2 rings (SSSR count). The summed E-state index contributed by atoms with van der Waals surface area (Å²) in [6.07, 6.45) is 8.14. The van der Waals surface area contributed by atoms with E-state index in [4.69, 9.17) is 10.5 Å². The maximum atomic E-state index is 5.93. The van der Waals surface area contributed by atoms with E-state index < -0.39 is 0 Å². The van der Waals surface area contributed by atoms with Crippen LogP contribution in [-0.4, -0.2) is 6.61 Å². The normalized spacial score (nSPS) is 16.8. The summed E-state index contributed by atoms with van der Waals surface area (Å²) in [6.45, 7) is 1.33. The second kappa shape index (κ2) is 7.15. The Kier molecular flexibility index (Phi) is 5.51. The van der Waals surface area contributed by atoms with Gasteiger partial charge in [0.05, 0.1) is 11.1 Å². The third-order valence-electron chi connectivity index (χ3n) is 3.77. The molecule has 1 saturated carbocycles. The van der Waals surface area contributed by atoms with Crippen LogP contribution in [0.2, 0.25) is 0 Å². The molecule has 1 aliphatic carbocycles. The third-order valence-corrected chi connectivity index (χ3v) is 4.39. The van der Waals surface area contributed by atoms with Crippen LogP contribution in [0, 0.1) is 5.92 Å². The molecule has 2 N–H and O–H groups in total. The van der Waals surface area contributed by atoms with E-state index in [2.05, 4.69) is 15.9 Å². The summed E-state index contributed by atoms with van der Waals surface area (Å²) in [6, 6.07) is 6.04. The Morgan fingerprint density at radius 2 is 2.00 bits per heavy atom. The molecule has 100 valence electrons. The summed E-state index contributed by atoms with van der Waals surface area (Å²) in [5, 5.41) is 0. The Morgan fingerprint density at radius 1 is 1.22 bits per heavy atom. The average Bonchev–Trinajstić information content (AvgIpc) is 2.41. The Labute approximate surface area is 118 Å². The van der Waals surface area contributed by atoms with Crippen LogP contribution in [0.25, 0.3) is 0 Å². The second-order valence-corrected chi connectivity index (χ2v) is 5.93. The van der Waals surface area contributed by atoms with E-state index in [1.165, 1.54) is 38.5 Å². The molecule has 0 atom stereocenters. The zero-order chi connectivity index (χ0) is 12.8. The van der Waals surface area contributed by atoms with Gasteiger partial charge < -0.3 is 10.5 Å². The Bertz CT molecular complexity index is 375. The minimum atomic E-state index is 0.526. The predicted molar refractivity (Wildman–Crippen MR) is 78.7 cm³/mol. The minimum Gasteiger partial charge on any atom is -0.492 e. The van der Waals surface area contributed by atoms with Gasteiger partial charge in [0.15, 0.2) is 0 Å². The molecule has 1 aromatic rings. The fraction of sp³-hybridized carbons (Fsp3) is 0.600. The van der Waals surface area contributed by atoms with Crippen molar-refractivity contribution in [3.05, 3.63) is 28.2 Å². The number of halogens is 1. The van der Waals surface area contributed by atoms with Gasteiger partial charge in [0.25, 0.3) is 0 Å². The summed E-state index contributed by atoms with van der Waals surface area (Å²) >= 11 is 3.53. The van der Waals surface area contributed by atoms with Crippen molar-refractivity contribution in [3.8, 4) is 5.75 Å². The molecule has 0 aliphatic heterocycles. The van der Waals surface area contributed by atoms with Crippen LogP contribution in [0.4, 0.5) is 0 Å². The first-order valence-corrected chi connectivity index (χ1v) is 7.71. The lowest BCUT2D eigenvalue weighted by molar-refractivity contribution is 0.244. The standard InChI is InChI=1S/C15H22BrNO/c16-14-8-4-7-13(11-17)15(14)18-10-9-12-5-2-1-3-6-12/h4,7-8,12H,1-3,5-6,9-11,17H2. The Hall–Kier alpha value is -0.540. The molecule has 0 heterocycles. The summed E-state index contributed by atoms with van der Waals surface area (Å²) < 4.78 is 6.94. The van der Waals surface area contributed by atoms with E-state index in [9.17, 15) is 0 Å². The van der Waals surface area contributed by atoms with Gasteiger partial charge in [-0.05, 0) is 34.3 Å². The fourth-order valence-corrected chi connectivity index (χ4v) is 3.20. The fourth-order valence-electron chi connectivity index (χ4n) is 2.68. The molecule has 18 heavy (non-hydrogen) atoms. The number of rotatable bonds is 5. The first kappa shape index (κ1) is 13.9. The molecule has 0 unspecified atom stereocenters. The Morgan fingerprint density at radius 3 is 2.72 bits per heavy atom. The molecular formula is C15H22BrNO. The van der Waals surface area contributed by atoms with Gasteiger partial charge in [0, 0.05) is 12.1 Å². The van der Waals surface area contributed by atoms with Crippen LogP contribution in [0.5, 0.6) is 5.75 Å². The number of hydrogen-bond donors (Lipinski definition) is 1. The van der Waals surface area contributed by atoms with Gasteiger partial charge in [-0.25, -0.2) is 0 Å². The van der Waals surface area contributed by atoms with Crippen molar-refractivity contribution in [1.82, 2.24) is 0 Å². The molecule has 0 spiro atoms. The largest absolute Gasteiger partial charge is 0.492 e. The van der Waals surface area contributed by atoms with Crippen molar-refractivity contribution < 1.29 is 4.74 Å². The van der Waals surface area contributed by atoms with Crippen molar-refractivity contribution >= 4 is 15.9 Å². The molecule has 1 aliphatic rings. The summed E-state index contributed by atoms with van der Waals surface area (Å²) in [5.74, 6) is 1.79. The molecule has 3 heteroatoms. The highest BCUT2D eigenvalue weighted by molar-refractivity contribution is 9.10. The van der Waals surface area contributed by atoms with Crippen molar-refractivity contribution in [2.24, 2.45) is 11.7 Å². The lowest BCUT2D eigenvalue weighted by Crippen LogP contribution is -2.12. The molecule has 0 saturated heterocycles. The number of para-hydroxylation sites is 1. The maximum Gasteiger partial charge on any atom is 0.137 e. The van der Waals surface area contributed by atoms with Gasteiger partial charge in [-0.15, -0.1) is 0 Å². The third kappa shape index (κ3) is 3.72. The van der Waals surface area contributed by atoms with E-state index >= 15 is 0 Å². The number of nitrogens with two attached hydrogens (primary N) is 1. The number of hydrogen-bond acceptors (Lipinski definition) is 2. The topological polar surface area (TPSA) is 35.2 Å². The van der Waals surface area contributed by atoms with Crippen LogP contribution in [0.3, 0.4) is 0 Å². The van der Waals surface area contributed by atoms with Crippen LogP contribution >= 0.6 is 15.9 Å². The molecular weight excluding hydrogens is 290 g/mol. The summed E-state index contributed by atoms with van der Waals surface area (Å²) in [4.78, 5) is 0. The highest BCUT2D eigenvalue weighted by Gasteiger charge is 2.14. The zero-order valence-corrected chi connectivity index (χ0v) is 12.4. The lowest BCUT2D eigenvalue weighted by atomic mass is 9.87. The van der Waals surface area contributed by atoms with Gasteiger partial charge >= 0.3 is 0 Å². The van der Waals surface area contributed by atoms with Crippen molar-refractivity contribution in [2.45, 2.75) is 45.1 Å². The SMILES string of the molecule is NCc1cccc(Br)c1OCCC1CCCCC1. The van der Waals surface area contributed by atoms with Crippen molar-refractivity contribution in [3.63, 3.8) is 0 Å². The molecule has 0 bridgehead atoms. The number of ether oxygens (including phenoxy) is 1. The van der Waals surface area contributed by atoms with Crippen LogP contribution < -0.4 is 10.5 Å². The average molecular weight is 312 g/mol. The van der Waals surface area contributed by atoms with Gasteiger partial charge in [0.2, 0.25) is 0 Å². The summed E-state index contributed by atoms with van der Waals surface area (Å²) in [5.41, 5.74) is 6.81. The van der Waals surface area contributed by atoms with E-state index in [1.807, 2.05) is 18.2 Å². The summed E-state index contributed by atoms with van der Waals surface area (Å²) in [7, 11) is 0. The highest BCUT2D eigenvalue weighted by Crippen LogP contribution is 2.30. The number of benzene rings is 1. The maximum absolute atomic E-state index is 5.93. The van der Waals surface area contributed by atoms with E-state index in [-0.39, 0.29) is 0 Å². The van der Waals surface area contributed by atoms with E-state index in [0.29, 0.717) is 6.54 Å². The van der Waals surface area contributed by atoms with Crippen molar-refractivity contribution in [2.75, 3.05) is 6.61 Å². The second-order valence-electron chi connectivity index (χ2n) is 5.07. The first-order valence-electron chi connectivity index (χ1n) is 6.91. The Balaban J connectivity index is 1.85. The van der Waals surface area contributed by atoms with Gasteiger partial charge in [-0.3, -0.25) is 0 Å². The molecule has 1 aromatic carbocycles. The molecule has 2 nitrogen and oxygen atoms in total. The smallest absolute Gasteiger partial charge is 0.137 e. The molecule has 0 radical (unpaired) electrons. The van der Waals surface area contributed by atoms with Crippen LogP contribution in [0.15, 0.2) is 22.7 Å². The highest BCUT2D eigenvalue weighted by atomic mass is 79.9. The van der Waals surface area contributed by atoms with Gasteiger partial charge in [-0.2, -0.15) is 0 Å². The van der Waals surface area contributed by atoms with Gasteiger partial charge in [0.1, 0.15) is 5.75 Å². The van der Waals surface area contributed by atoms with Gasteiger partial charge in [-0.1, -0.05) is 44.2 Å². The first-order chi connectivity index (χ1) is 8.81. The molecule has 0 amide bonds. The quantitative estimate of drug-likeness (QED) is 0.882. The van der Waals surface area contributed by atoms with E-state index in [1.54, 1.807) is 0 Å². The van der Waals surface area contributed by atoms with E-state index in [0.717, 1.165) is 28.3 Å². The molecule has 1 fully saturated rings. The van der Waals surface area contributed by atoms with Crippen molar-refractivity contribution in [1.29, 1.82) is 0 Å². The zero-order valence-electron chi connectivity index (χ0n) is 10.8. The lowest BCUT2D eigenvalue weighted by Gasteiger charge is -2.22.